The minimum atomic E-state index is 0.344. The van der Waals surface area contributed by atoms with Crippen LogP contribution < -0.4 is 0 Å². The van der Waals surface area contributed by atoms with Crippen molar-refractivity contribution in [2.45, 2.75) is 19.9 Å². The van der Waals surface area contributed by atoms with E-state index in [1.165, 1.54) is 0 Å². The maximum absolute atomic E-state index is 5.45. The summed E-state index contributed by atoms with van der Waals surface area (Å²) >= 11 is 0. The predicted molar refractivity (Wildman–Crippen MR) is 76.1 cm³/mol. The molecular formula is C15H21N3O. The first kappa shape index (κ1) is 12.6. The van der Waals surface area contributed by atoms with Gasteiger partial charge in [-0.2, -0.15) is 0 Å². The van der Waals surface area contributed by atoms with Crippen molar-refractivity contribution < 1.29 is 4.74 Å². The van der Waals surface area contributed by atoms with Gasteiger partial charge in [0.15, 0.2) is 0 Å². The maximum Gasteiger partial charge on any atom is 0.124 e. The number of benzene rings is 1. The summed E-state index contributed by atoms with van der Waals surface area (Å²) in [6, 6.07) is 8.57. The molecule has 19 heavy (non-hydrogen) atoms. The summed E-state index contributed by atoms with van der Waals surface area (Å²) in [7, 11) is 0. The minimum absolute atomic E-state index is 0.344. The van der Waals surface area contributed by atoms with Crippen LogP contribution in [0.2, 0.25) is 0 Å². The van der Waals surface area contributed by atoms with Crippen molar-refractivity contribution in [1.82, 2.24) is 14.9 Å². The Labute approximate surface area is 113 Å². The van der Waals surface area contributed by atoms with Gasteiger partial charge in [-0.3, -0.25) is 4.90 Å². The molecule has 0 aliphatic carbocycles. The van der Waals surface area contributed by atoms with E-state index in [9.17, 15) is 0 Å². The van der Waals surface area contributed by atoms with Gasteiger partial charge in [-0.25, -0.2) is 4.98 Å². The van der Waals surface area contributed by atoms with Crippen molar-refractivity contribution in [3.05, 3.63) is 30.1 Å². The predicted octanol–water partition coefficient (Wildman–Crippen LogP) is 2.59. The fourth-order valence-electron chi connectivity index (χ4n) is 2.88. The number of rotatable bonds is 3. The summed E-state index contributed by atoms with van der Waals surface area (Å²) < 4.78 is 5.45. The second kappa shape index (κ2) is 5.31. The molecule has 2 heterocycles. The van der Waals surface area contributed by atoms with E-state index < -0.39 is 0 Å². The Hall–Kier alpha value is -1.39. The number of aromatic amines is 1. The van der Waals surface area contributed by atoms with Crippen LogP contribution in [0.3, 0.4) is 0 Å². The lowest BCUT2D eigenvalue weighted by Gasteiger charge is -2.35. The molecule has 0 bridgehead atoms. The monoisotopic (exact) mass is 259 g/mol. The number of para-hydroxylation sites is 2. The SMILES string of the molecule is CC(C)C(c1nc2ccccc2[nH]1)N1CCOCC1. The van der Waals surface area contributed by atoms with E-state index >= 15 is 0 Å². The Morgan fingerprint density at radius 3 is 2.63 bits per heavy atom. The molecule has 1 fully saturated rings. The van der Waals surface area contributed by atoms with Crippen LogP contribution in [0, 0.1) is 5.92 Å². The van der Waals surface area contributed by atoms with Crippen LogP contribution >= 0.6 is 0 Å². The lowest BCUT2D eigenvalue weighted by Crippen LogP contribution is -2.41. The molecular weight excluding hydrogens is 238 g/mol. The second-order valence-corrected chi connectivity index (χ2v) is 5.48. The molecule has 1 unspecified atom stereocenters. The summed E-state index contributed by atoms with van der Waals surface area (Å²) in [6.07, 6.45) is 0. The van der Waals surface area contributed by atoms with Gasteiger partial charge in [-0.05, 0) is 18.1 Å². The summed E-state index contributed by atoms with van der Waals surface area (Å²) in [5.74, 6) is 1.61. The van der Waals surface area contributed by atoms with Gasteiger partial charge in [0.25, 0.3) is 0 Å². The van der Waals surface area contributed by atoms with Gasteiger partial charge in [-0.1, -0.05) is 26.0 Å². The topological polar surface area (TPSA) is 41.2 Å². The Kier molecular flexibility index (Phi) is 3.53. The first-order valence-corrected chi connectivity index (χ1v) is 7.02. The highest BCUT2D eigenvalue weighted by molar-refractivity contribution is 5.74. The van der Waals surface area contributed by atoms with E-state index in [0.717, 1.165) is 43.2 Å². The molecule has 1 aliphatic heterocycles. The normalized spacial score (nSPS) is 19.1. The van der Waals surface area contributed by atoms with Crippen LogP contribution in [0.1, 0.15) is 25.7 Å². The maximum atomic E-state index is 5.45. The molecule has 1 aromatic carbocycles. The van der Waals surface area contributed by atoms with Gasteiger partial charge in [0, 0.05) is 13.1 Å². The molecule has 1 aliphatic rings. The highest BCUT2D eigenvalue weighted by Gasteiger charge is 2.27. The number of H-pyrrole nitrogens is 1. The van der Waals surface area contributed by atoms with Gasteiger partial charge in [0.05, 0.1) is 30.3 Å². The van der Waals surface area contributed by atoms with Crippen molar-refractivity contribution in [2.24, 2.45) is 5.92 Å². The van der Waals surface area contributed by atoms with Crippen LogP contribution in [0.25, 0.3) is 11.0 Å². The molecule has 0 amide bonds. The van der Waals surface area contributed by atoms with Gasteiger partial charge in [0.2, 0.25) is 0 Å². The van der Waals surface area contributed by atoms with Crippen molar-refractivity contribution >= 4 is 11.0 Å². The summed E-state index contributed by atoms with van der Waals surface area (Å²) in [4.78, 5) is 10.7. The van der Waals surface area contributed by atoms with E-state index in [1.807, 2.05) is 12.1 Å². The van der Waals surface area contributed by atoms with Crippen LogP contribution in [-0.4, -0.2) is 41.2 Å². The highest BCUT2D eigenvalue weighted by Crippen LogP contribution is 2.28. The zero-order valence-electron chi connectivity index (χ0n) is 11.6. The summed E-state index contributed by atoms with van der Waals surface area (Å²) in [6.45, 7) is 8.13. The molecule has 3 rings (SSSR count). The molecule has 4 nitrogen and oxygen atoms in total. The minimum Gasteiger partial charge on any atom is -0.379 e. The Morgan fingerprint density at radius 2 is 1.95 bits per heavy atom. The third-order valence-corrected chi connectivity index (χ3v) is 3.76. The number of morpholine rings is 1. The van der Waals surface area contributed by atoms with Crippen molar-refractivity contribution in [3.63, 3.8) is 0 Å². The molecule has 102 valence electrons. The smallest absolute Gasteiger partial charge is 0.124 e. The molecule has 4 heteroatoms. The largest absolute Gasteiger partial charge is 0.379 e. The molecule has 0 radical (unpaired) electrons. The number of ether oxygens (including phenoxy) is 1. The van der Waals surface area contributed by atoms with E-state index in [0.29, 0.717) is 12.0 Å². The van der Waals surface area contributed by atoms with E-state index in [4.69, 9.17) is 9.72 Å². The van der Waals surface area contributed by atoms with Crippen LogP contribution in [0.5, 0.6) is 0 Å². The highest BCUT2D eigenvalue weighted by atomic mass is 16.5. The quantitative estimate of drug-likeness (QED) is 0.921. The Morgan fingerprint density at radius 1 is 1.21 bits per heavy atom. The lowest BCUT2D eigenvalue weighted by molar-refractivity contribution is 0.00372. The molecule has 1 N–H and O–H groups in total. The Balaban J connectivity index is 1.94. The van der Waals surface area contributed by atoms with Crippen molar-refractivity contribution in [3.8, 4) is 0 Å². The standard InChI is InChI=1S/C15H21N3O/c1-11(2)14(18-7-9-19-10-8-18)15-16-12-5-3-4-6-13(12)17-15/h3-6,11,14H,7-10H2,1-2H3,(H,16,17). The lowest BCUT2D eigenvalue weighted by atomic mass is 10.0. The van der Waals surface area contributed by atoms with Crippen LogP contribution in [-0.2, 0) is 4.74 Å². The number of aromatic nitrogens is 2. The number of hydrogen-bond acceptors (Lipinski definition) is 3. The van der Waals surface area contributed by atoms with Gasteiger partial charge in [0.1, 0.15) is 5.82 Å². The van der Waals surface area contributed by atoms with Gasteiger partial charge >= 0.3 is 0 Å². The fourth-order valence-corrected chi connectivity index (χ4v) is 2.88. The number of nitrogens with one attached hydrogen (secondary N) is 1. The average Bonchev–Trinajstić information content (AvgIpc) is 2.82. The molecule has 1 aromatic heterocycles. The zero-order valence-corrected chi connectivity index (χ0v) is 11.6. The number of fused-ring (bicyclic) bond motifs is 1. The van der Waals surface area contributed by atoms with Crippen molar-refractivity contribution in [1.29, 1.82) is 0 Å². The summed E-state index contributed by atoms with van der Waals surface area (Å²) in [5, 5.41) is 0. The van der Waals surface area contributed by atoms with Crippen LogP contribution in [0.15, 0.2) is 24.3 Å². The first-order valence-electron chi connectivity index (χ1n) is 7.02. The van der Waals surface area contributed by atoms with Gasteiger partial charge < -0.3 is 9.72 Å². The van der Waals surface area contributed by atoms with E-state index in [2.05, 4.69) is 35.9 Å². The first-order chi connectivity index (χ1) is 9.25. The van der Waals surface area contributed by atoms with E-state index in [-0.39, 0.29) is 0 Å². The third-order valence-electron chi connectivity index (χ3n) is 3.76. The number of hydrogen-bond donors (Lipinski definition) is 1. The zero-order chi connectivity index (χ0) is 13.2. The number of imidazole rings is 1. The molecule has 1 saturated heterocycles. The van der Waals surface area contributed by atoms with Gasteiger partial charge in [-0.15, -0.1) is 0 Å². The van der Waals surface area contributed by atoms with Crippen LogP contribution in [0.4, 0.5) is 0 Å². The second-order valence-electron chi connectivity index (χ2n) is 5.48. The molecule has 0 saturated carbocycles. The fraction of sp³-hybridized carbons (Fsp3) is 0.533. The van der Waals surface area contributed by atoms with E-state index in [1.54, 1.807) is 0 Å². The molecule has 0 spiro atoms. The van der Waals surface area contributed by atoms with Crippen molar-refractivity contribution in [2.75, 3.05) is 26.3 Å². The Bertz CT molecular complexity index is 510. The average molecular weight is 259 g/mol. The number of nitrogens with zero attached hydrogens (tertiary/aromatic N) is 2. The molecule has 1 atom stereocenters. The summed E-state index contributed by atoms with van der Waals surface area (Å²) in [5.41, 5.74) is 2.17. The third kappa shape index (κ3) is 2.51. The molecule has 2 aromatic rings.